The van der Waals surface area contributed by atoms with Crippen LogP contribution in [0.15, 0.2) is 0 Å². The molecule has 0 heterocycles. The number of hydrogen-bond acceptors (Lipinski definition) is 0. The van der Waals surface area contributed by atoms with Crippen molar-refractivity contribution in [2.75, 3.05) is 0 Å². The fourth-order valence-electron chi connectivity index (χ4n) is 1.73. The molecule has 0 aromatic carbocycles. The molecular weight excluding hydrogens is 456 g/mol. The summed E-state index contributed by atoms with van der Waals surface area (Å²) >= 11 is 1.09. The predicted molar refractivity (Wildman–Crippen MR) is 63.1 cm³/mol. The molecule has 3 unspecified atom stereocenters. The van der Waals surface area contributed by atoms with E-state index in [4.69, 9.17) is 0 Å². The first-order chi connectivity index (χ1) is 9.39. The minimum Gasteiger partial charge on any atom is -0.226 e. The summed E-state index contributed by atoms with van der Waals surface area (Å²) < 4.78 is 139. The molecule has 0 aliphatic heterocycles. The summed E-state index contributed by atoms with van der Waals surface area (Å²) in [6, 6.07) is 0. The number of rotatable bonds is 5. The smallest absolute Gasteiger partial charge is 0.226 e. The molecule has 0 aromatic rings. The van der Waals surface area contributed by atoms with E-state index in [2.05, 4.69) is 0 Å². The predicted octanol–water partition coefficient (Wildman–Crippen LogP) is 5.94. The molecule has 0 aromatic heterocycles. The van der Waals surface area contributed by atoms with Crippen LogP contribution < -0.4 is 0 Å². The standard InChI is InChI=1S/C10H10F11I/c1-3-5(22)4(2)6(11,9(16,17)18)7(12,13)8(14,15)10(19,20)21/h4-5H,3H2,1-2H3. The Labute approximate surface area is 131 Å². The molecule has 0 aliphatic rings. The van der Waals surface area contributed by atoms with Crippen LogP contribution >= 0.6 is 22.6 Å². The van der Waals surface area contributed by atoms with Crippen LogP contribution in [0.25, 0.3) is 0 Å². The second-order valence-corrected chi connectivity index (χ2v) is 6.17. The molecule has 12 heteroatoms. The quantitative estimate of drug-likeness (QED) is 0.268. The molecule has 0 aliphatic carbocycles. The van der Waals surface area contributed by atoms with Gasteiger partial charge in [-0.1, -0.05) is 36.4 Å². The monoisotopic (exact) mass is 466 g/mol. The Morgan fingerprint density at radius 2 is 1.09 bits per heavy atom. The molecule has 0 rings (SSSR count). The minimum absolute atomic E-state index is 0.217. The van der Waals surface area contributed by atoms with E-state index in [1.807, 2.05) is 0 Å². The van der Waals surface area contributed by atoms with E-state index >= 15 is 0 Å². The van der Waals surface area contributed by atoms with E-state index in [1.165, 1.54) is 0 Å². The Balaban J connectivity index is 6.35. The highest BCUT2D eigenvalue weighted by molar-refractivity contribution is 14.1. The van der Waals surface area contributed by atoms with Gasteiger partial charge < -0.3 is 0 Å². The Bertz CT molecular complexity index is 385. The van der Waals surface area contributed by atoms with Gasteiger partial charge in [0.25, 0.3) is 5.67 Å². The molecule has 22 heavy (non-hydrogen) atoms. The van der Waals surface area contributed by atoms with E-state index in [-0.39, 0.29) is 13.3 Å². The van der Waals surface area contributed by atoms with Crippen LogP contribution in [-0.4, -0.2) is 33.8 Å². The molecule has 0 fully saturated rings. The Morgan fingerprint density at radius 3 is 1.32 bits per heavy atom. The van der Waals surface area contributed by atoms with Gasteiger partial charge in [0.1, 0.15) is 0 Å². The Kier molecular flexibility index (Phi) is 6.10. The lowest BCUT2D eigenvalue weighted by Crippen LogP contribution is -2.70. The number of alkyl halides is 12. The van der Waals surface area contributed by atoms with Crippen molar-refractivity contribution in [2.45, 2.75) is 54.1 Å². The lowest BCUT2D eigenvalue weighted by Gasteiger charge is -2.43. The van der Waals surface area contributed by atoms with Gasteiger partial charge in [-0.15, -0.1) is 0 Å². The minimum atomic E-state index is -7.19. The maximum Gasteiger partial charge on any atom is 0.460 e. The molecule has 0 amide bonds. The average Bonchev–Trinajstić information content (AvgIpc) is 2.32. The molecule has 134 valence electrons. The van der Waals surface area contributed by atoms with Gasteiger partial charge in [0, 0.05) is 9.84 Å². The molecular formula is C10H10F11I. The van der Waals surface area contributed by atoms with Gasteiger partial charge in [-0.3, -0.25) is 0 Å². The summed E-state index contributed by atoms with van der Waals surface area (Å²) in [5, 5.41) is 0. The van der Waals surface area contributed by atoms with Gasteiger partial charge in [-0.05, 0) is 6.42 Å². The summed E-state index contributed by atoms with van der Waals surface area (Å²) in [4.78, 5) is 0. The molecule has 0 saturated heterocycles. The van der Waals surface area contributed by atoms with Crippen molar-refractivity contribution in [1.82, 2.24) is 0 Å². The second-order valence-electron chi connectivity index (χ2n) is 4.57. The zero-order valence-corrected chi connectivity index (χ0v) is 13.1. The van der Waals surface area contributed by atoms with Crippen LogP contribution in [0.4, 0.5) is 48.3 Å². The van der Waals surface area contributed by atoms with E-state index in [1.54, 1.807) is 0 Å². The van der Waals surface area contributed by atoms with Gasteiger partial charge in [-0.2, -0.15) is 43.9 Å². The van der Waals surface area contributed by atoms with Gasteiger partial charge in [-0.25, -0.2) is 4.39 Å². The summed E-state index contributed by atoms with van der Waals surface area (Å²) in [5.74, 6) is -17.1. The van der Waals surface area contributed by atoms with Crippen molar-refractivity contribution < 1.29 is 48.3 Å². The second kappa shape index (κ2) is 6.11. The molecule has 0 saturated carbocycles. The SMILES string of the molecule is CCC(I)C(C)C(F)(C(F)(F)F)C(F)(F)C(F)(F)C(F)(F)F. The normalized spacial score (nSPS) is 20.5. The van der Waals surface area contributed by atoms with E-state index in [9.17, 15) is 48.3 Å². The van der Waals surface area contributed by atoms with Crippen LogP contribution in [0.2, 0.25) is 0 Å². The third-order valence-electron chi connectivity index (χ3n) is 3.18. The Morgan fingerprint density at radius 1 is 0.727 bits per heavy atom. The third kappa shape index (κ3) is 3.12. The van der Waals surface area contributed by atoms with Crippen LogP contribution in [0.3, 0.4) is 0 Å². The zero-order chi connectivity index (χ0) is 18.4. The average molecular weight is 466 g/mol. The topological polar surface area (TPSA) is 0 Å². The van der Waals surface area contributed by atoms with Gasteiger partial charge >= 0.3 is 24.2 Å². The summed E-state index contributed by atoms with van der Waals surface area (Å²) in [5.41, 5.74) is -6.05. The lowest BCUT2D eigenvalue weighted by atomic mass is 9.78. The fraction of sp³-hybridized carbons (Fsp3) is 1.00. The van der Waals surface area contributed by atoms with E-state index in [0.717, 1.165) is 29.5 Å². The van der Waals surface area contributed by atoms with Crippen LogP contribution in [0, 0.1) is 5.92 Å². The highest BCUT2D eigenvalue weighted by Gasteiger charge is 2.87. The molecule has 0 N–H and O–H groups in total. The largest absolute Gasteiger partial charge is 0.460 e. The molecule has 3 atom stereocenters. The maximum absolute atomic E-state index is 14.1. The van der Waals surface area contributed by atoms with Crippen LogP contribution in [0.1, 0.15) is 20.3 Å². The van der Waals surface area contributed by atoms with Crippen molar-refractivity contribution in [2.24, 2.45) is 5.92 Å². The molecule has 0 spiro atoms. The van der Waals surface area contributed by atoms with Crippen molar-refractivity contribution in [3.05, 3.63) is 0 Å². The fourth-order valence-corrected chi connectivity index (χ4v) is 2.23. The third-order valence-corrected chi connectivity index (χ3v) is 5.14. The zero-order valence-electron chi connectivity index (χ0n) is 10.9. The highest BCUT2D eigenvalue weighted by Crippen LogP contribution is 2.60. The van der Waals surface area contributed by atoms with E-state index in [0.29, 0.717) is 0 Å². The van der Waals surface area contributed by atoms with Gasteiger partial charge in [0.15, 0.2) is 0 Å². The van der Waals surface area contributed by atoms with Crippen molar-refractivity contribution in [3.8, 4) is 0 Å². The summed E-state index contributed by atoms with van der Waals surface area (Å²) in [6.45, 7) is 1.36. The lowest BCUT2D eigenvalue weighted by molar-refractivity contribution is -0.418. The van der Waals surface area contributed by atoms with Crippen molar-refractivity contribution in [3.63, 3.8) is 0 Å². The number of halogens is 12. The highest BCUT2D eigenvalue weighted by atomic mass is 127. The van der Waals surface area contributed by atoms with Crippen molar-refractivity contribution in [1.29, 1.82) is 0 Å². The summed E-state index contributed by atoms with van der Waals surface area (Å²) in [7, 11) is 0. The Hall–Kier alpha value is -0.0400. The van der Waals surface area contributed by atoms with Gasteiger partial charge in [0.05, 0.1) is 0 Å². The maximum atomic E-state index is 14.1. The molecule has 0 bridgehead atoms. The van der Waals surface area contributed by atoms with Crippen molar-refractivity contribution >= 4 is 22.6 Å². The number of hydrogen-bond donors (Lipinski definition) is 0. The van der Waals surface area contributed by atoms with Crippen LogP contribution in [0.5, 0.6) is 0 Å². The molecule has 0 nitrogen and oxygen atoms in total. The first-order valence-electron chi connectivity index (χ1n) is 5.61. The molecule has 0 radical (unpaired) electrons. The van der Waals surface area contributed by atoms with E-state index < -0.39 is 39.7 Å². The summed E-state index contributed by atoms with van der Waals surface area (Å²) in [6.07, 6.45) is -14.0. The first-order valence-corrected chi connectivity index (χ1v) is 6.86. The van der Waals surface area contributed by atoms with Gasteiger partial charge in [0.2, 0.25) is 0 Å². The first kappa shape index (κ1) is 22.0. The van der Waals surface area contributed by atoms with Crippen LogP contribution in [-0.2, 0) is 0 Å².